The zero-order valence-electron chi connectivity index (χ0n) is 74.9. The quantitative estimate of drug-likeness (QED) is 0.212. The SMILES string of the molecule is CC1C(C(F)(F)F)C(C(F)(F)F)C(C)[C@@H](C)C1C(F)(F)F.CC1C(F)C(F)C(F)[C@@H](C)C1F.CC1CC(C(F)(F)F)C[C@@H](C)C1.CC1CCCC(C(F)(F)F)[C@@H]1C.CC1C[C@H](C)CC(C(F)(F)F)C1C(F)(F)F.CC1[C@H]2CC[C@@H]1C2(C)C(F)(F)F.C[C@H]1C(F)(F)C(C)(F)C(F)(F)C(F)(F)C1(F)F.[2H][C@@]1(C)C(C)CCCC1C(F)(F)F.[2H][C@]1(C)CC(C)CC(C(F)(F)F)C1. The zero-order valence-corrected chi connectivity index (χ0v) is 72.9. The monoisotopic (exact) mass is 1940 g/mol. The maximum Gasteiger partial charge on any atom is 0.394 e. The van der Waals surface area contributed by atoms with Crippen LogP contribution in [0.3, 0.4) is 0 Å². The highest BCUT2D eigenvalue weighted by Gasteiger charge is 2.91. The molecule has 0 aromatic rings. The van der Waals surface area contributed by atoms with Gasteiger partial charge in [-0.15, -0.1) is 0 Å². The predicted octanol–water partition coefficient (Wildman–Crippen LogP) is 34.1. The molecule has 754 valence electrons. The molecule has 0 radical (unpaired) electrons. The smallest absolute Gasteiger partial charge is 0.247 e. The van der Waals surface area contributed by atoms with Crippen LogP contribution in [0.15, 0.2) is 0 Å². The molecule has 34 atom stereocenters. The van der Waals surface area contributed by atoms with Gasteiger partial charge in [-0.25, -0.2) is 30.7 Å². The Bertz CT molecular complexity index is 3210. The second-order valence-corrected chi connectivity index (χ2v) is 38.3. The van der Waals surface area contributed by atoms with E-state index in [2.05, 4.69) is 0 Å². The van der Waals surface area contributed by atoms with Crippen molar-refractivity contribution < 1.29 is 192 Å². The molecule has 24 unspecified atom stereocenters. The van der Waals surface area contributed by atoms with E-state index >= 15 is 0 Å². The number of alkyl halides is 43. The highest BCUT2D eigenvalue weighted by atomic mass is 19.5. The number of hydrogen-bond donors (Lipinski definition) is 0. The summed E-state index contributed by atoms with van der Waals surface area (Å²) in [5.74, 6) is -55.1. The topological polar surface area (TPSA) is 0 Å². The molecule has 0 spiro atoms. The standard InChI is InChI=1S/C12H15F9.C10H14F6.C9H13F3.4C9H15F3.C8H7F9.C8H12F4/c1-4-5(2)8(11(16,17)18)9(12(19,20)21)6(3)7(4)10(13,14)15;1-5-3-6(2)8(10(14,15)16)7(4-5)9(11,12)13;1-5-6-3-4-7(5)8(6,2)9(10,11)12;2*1-6-3-7(2)5-8(4-6)9(10,11)12;2*1-6-4-3-5-8(7(6)2)9(10,11)12;1-3-5(10,11)4(2,9)7(14,15)8(16,17)6(3,12)13;1-3-5(9)4(2)7(11)8(12)6(3)10/h4-9H,1-3H3;5-8H,3-4H2,1-2H3;5-7H,3-4H2,1-2H3;4*6-8H,3-5H2,1-2H3;3H,1-2H3;3-8H,1-2H3/t4-,5?,6?,7?,8?,9?;5-,6?,7?,8?;5?,6-,7+,8?;2*6-,7?,8?;2*6?,7-,8?;3-,4?;3-,4?,5?,6?,7?,8?/m10.001100/s1/i;;;6D;;7D;;;. The van der Waals surface area contributed by atoms with Crippen molar-refractivity contribution in [2.75, 3.05) is 0 Å². The van der Waals surface area contributed by atoms with Crippen molar-refractivity contribution in [1.82, 2.24) is 0 Å². The Kier molecular flexibility index (Phi) is 38.9. The van der Waals surface area contributed by atoms with E-state index in [1.807, 2.05) is 27.7 Å². The van der Waals surface area contributed by atoms with Gasteiger partial charge in [-0.05, 0) is 179 Å². The Balaban J connectivity index is 0.000000491. The highest BCUT2D eigenvalue weighted by molar-refractivity contribution is 5.20. The minimum atomic E-state index is -6.19. The summed E-state index contributed by atoms with van der Waals surface area (Å²) in [6.07, 6.45) is -45.9. The van der Waals surface area contributed by atoms with Crippen molar-refractivity contribution in [3.63, 3.8) is 0 Å². The molecule has 0 amide bonds. The summed E-state index contributed by atoms with van der Waals surface area (Å²) in [5.41, 5.74) is -6.41. The Hall–Kier alpha value is -3.01. The van der Waals surface area contributed by atoms with E-state index in [-0.39, 0.29) is 85.9 Å². The lowest BCUT2D eigenvalue weighted by Gasteiger charge is -2.53. The molecule has 0 aromatic carbocycles. The van der Waals surface area contributed by atoms with Crippen molar-refractivity contribution in [1.29, 1.82) is 0 Å². The Morgan fingerprint density at radius 1 is 0.262 bits per heavy atom. The third kappa shape index (κ3) is 28.1. The largest absolute Gasteiger partial charge is 0.394 e. The average Bonchev–Trinajstić information content (AvgIpc) is 0.917. The second-order valence-electron chi connectivity index (χ2n) is 38.3. The molecule has 0 aromatic heterocycles. The van der Waals surface area contributed by atoms with E-state index in [0.29, 0.717) is 44.9 Å². The van der Waals surface area contributed by atoms with Crippen molar-refractivity contribution in [3.8, 4) is 0 Å². The van der Waals surface area contributed by atoms with Crippen LogP contribution >= 0.6 is 0 Å². The van der Waals surface area contributed by atoms with Gasteiger partial charge in [-0.1, -0.05) is 150 Å². The molecule has 0 saturated heterocycles. The summed E-state index contributed by atoms with van der Waals surface area (Å²) >= 11 is 0. The third-order valence-corrected chi connectivity index (χ3v) is 28.9. The molecule has 11 aliphatic rings. The molecule has 126 heavy (non-hydrogen) atoms. The molecule has 43 heteroatoms. The number of fused-ring (bicyclic) bond motifs is 1. The molecule has 0 nitrogen and oxygen atoms in total. The van der Waals surface area contributed by atoms with Gasteiger partial charge in [0.15, 0.2) is 6.17 Å². The lowest BCUT2D eigenvalue weighted by molar-refractivity contribution is -0.431. The second kappa shape index (κ2) is 42.5. The van der Waals surface area contributed by atoms with E-state index in [4.69, 9.17) is 2.74 Å². The van der Waals surface area contributed by atoms with E-state index < -0.39 is 241 Å². The minimum absolute atomic E-state index is 0.0166. The van der Waals surface area contributed by atoms with Crippen molar-refractivity contribution in [2.45, 2.75) is 350 Å². The van der Waals surface area contributed by atoms with Gasteiger partial charge in [-0.2, -0.15) is 158 Å². The third-order valence-electron chi connectivity index (χ3n) is 28.9. The summed E-state index contributed by atoms with van der Waals surface area (Å²) in [5, 5.41) is 0. The van der Waals surface area contributed by atoms with Crippen molar-refractivity contribution in [3.05, 3.63) is 0 Å². The van der Waals surface area contributed by atoms with Crippen LogP contribution in [0.4, 0.5) is 189 Å². The molecular weight excluding hydrogens is 1810 g/mol. The first kappa shape index (κ1) is 115. The fourth-order valence-electron chi connectivity index (χ4n) is 21.1. The number of hydrogen-bond acceptors (Lipinski definition) is 0. The minimum Gasteiger partial charge on any atom is -0.247 e. The maximum absolute atomic E-state index is 13.2. The summed E-state index contributed by atoms with van der Waals surface area (Å²) in [7, 11) is 0. The lowest BCUT2D eigenvalue weighted by atomic mass is 9.53. The molecular formula is C83H121F43. The van der Waals surface area contributed by atoms with Crippen molar-refractivity contribution in [2.24, 2.45) is 171 Å². The van der Waals surface area contributed by atoms with E-state index in [1.54, 1.807) is 34.6 Å². The fraction of sp³-hybridized carbons (Fsp3) is 1.00. The first-order valence-corrected chi connectivity index (χ1v) is 41.9. The number of halogens is 43. The Morgan fingerprint density at radius 3 is 0.929 bits per heavy atom. The molecule has 11 fully saturated rings. The van der Waals surface area contributed by atoms with Gasteiger partial charge in [0.2, 0.25) is 5.67 Å². The molecule has 11 rings (SSSR count). The van der Waals surface area contributed by atoms with Crippen molar-refractivity contribution >= 4 is 0 Å². The average molecular weight is 1940 g/mol. The fourth-order valence-corrected chi connectivity index (χ4v) is 21.1. The van der Waals surface area contributed by atoms with Gasteiger partial charge in [0.05, 0.1) is 64.6 Å². The molecule has 11 saturated carbocycles. The van der Waals surface area contributed by atoms with Gasteiger partial charge in [0, 0.05) is 14.6 Å². The van der Waals surface area contributed by atoms with Gasteiger partial charge in [0.1, 0.15) is 18.5 Å². The normalized spacial score (nSPS) is 43.3. The predicted molar refractivity (Wildman–Crippen MR) is 386 cm³/mol. The van der Waals surface area contributed by atoms with Crippen LogP contribution in [0.25, 0.3) is 0 Å². The summed E-state index contributed by atoms with van der Waals surface area (Å²) < 4.78 is 561. The van der Waals surface area contributed by atoms with Gasteiger partial charge in [0.25, 0.3) is 5.92 Å². The van der Waals surface area contributed by atoms with Gasteiger partial charge < -0.3 is 0 Å². The number of rotatable bonds is 0. The Morgan fingerprint density at radius 2 is 0.603 bits per heavy atom. The van der Waals surface area contributed by atoms with Crippen LogP contribution < -0.4 is 0 Å². The van der Waals surface area contributed by atoms with E-state index in [0.717, 1.165) is 52.4 Å². The van der Waals surface area contributed by atoms with Gasteiger partial charge in [-0.3, -0.25) is 0 Å². The Labute approximate surface area is 711 Å². The van der Waals surface area contributed by atoms with Crippen LogP contribution in [-0.4, -0.2) is 116 Å². The molecule has 0 aliphatic heterocycles. The van der Waals surface area contributed by atoms with Crippen LogP contribution in [0.5, 0.6) is 0 Å². The van der Waals surface area contributed by atoms with Crippen LogP contribution in [0.1, 0.15) is 237 Å². The maximum atomic E-state index is 13.2. The molecule has 2 bridgehead atoms. The molecule has 0 heterocycles. The van der Waals surface area contributed by atoms with Crippen LogP contribution in [0.2, 0.25) is 0 Å². The lowest BCUT2D eigenvalue weighted by Crippen LogP contribution is -2.77. The first-order valence-electron chi connectivity index (χ1n) is 42.9. The molecule has 11 aliphatic carbocycles. The van der Waals surface area contributed by atoms with E-state index in [1.165, 1.54) is 34.6 Å². The van der Waals surface area contributed by atoms with Crippen LogP contribution in [-0.2, 0) is 0 Å². The van der Waals surface area contributed by atoms with E-state index in [9.17, 15) is 189 Å². The zero-order chi connectivity index (χ0) is 102. The summed E-state index contributed by atoms with van der Waals surface area (Å²) in [6.45, 7) is 24.5. The molecule has 0 N–H and O–H groups in total. The summed E-state index contributed by atoms with van der Waals surface area (Å²) in [6, 6.07) is 0. The highest BCUT2D eigenvalue weighted by Crippen LogP contribution is 2.72. The van der Waals surface area contributed by atoms with Gasteiger partial charge >= 0.3 is 79.5 Å². The first-order chi connectivity index (χ1) is 56.4. The summed E-state index contributed by atoms with van der Waals surface area (Å²) in [4.78, 5) is 0. The van der Waals surface area contributed by atoms with Crippen LogP contribution in [0, 0.1) is 171 Å².